The van der Waals surface area contributed by atoms with E-state index in [4.69, 9.17) is 5.73 Å². The Morgan fingerprint density at radius 2 is 1.64 bits per heavy atom. The minimum atomic E-state index is -1.18. The summed E-state index contributed by atoms with van der Waals surface area (Å²) in [6.45, 7) is 0. The lowest BCUT2D eigenvalue weighted by molar-refractivity contribution is -0.122. The number of pyridine rings is 1. The summed E-state index contributed by atoms with van der Waals surface area (Å²) in [7, 11) is 0. The van der Waals surface area contributed by atoms with Crippen molar-refractivity contribution in [2.24, 2.45) is 10.7 Å². The standard InChI is InChI=1S/C20H16N4O/c21-19-23-18(25)20(24-19,16-8-2-1-3-9-16)17-10-4-6-14(12-17)15-7-5-11-22-13-15/h1-13H,(H3,21,23,24,25). The van der Waals surface area contributed by atoms with Crippen molar-refractivity contribution < 1.29 is 4.79 Å². The van der Waals surface area contributed by atoms with Gasteiger partial charge in [-0.15, -0.1) is 0 Å². The van der Waals surface area contributed by atoms with Gasteiger partial charge < -0.3 is 5.73 Å². The third-order valence-electron chi connectivity index (χ3n) is 4.33. The van der Waals surface area contributed by atoms with Gasteiger partial charge in [-0.05, 0) is 34.4 Å². The van der Waals surface area contributed by atoms with Crippen molar-refractivity contribution in [3.05, 3.63) is 90.3 Å². The summed E-state index contributed by atoms with van der Waals surface area (Å²) in [5.41, 5.74) is 8.13. The van der Waals surface area contributed by atoms with Crippen LogP contribution in [-0.2, 0) is 10.3 Å². The molecular formula is C20H16N4O. The Balaban J connectivity index is 1.92. The molecule has 1 aromatic heterocycles. The van der Waals surface area contributed by atoms with E-state index in [0.717, 1.165) is 22.3 Å². The van der Waals surface area contributed by atoms with Crippen LogP contribution in [0.1, 0.15) is 11.1 Å². The zero-order chi connectivity index (χ0) is 17.3. The summed E-state index contributed by atoms with van der Waals surface area (Å²) >= 11 is 0. The molecule has 0 aliphatic carbocycles. The van der Waals surface area contributed by atoms with Crippen LogP contribution < -0.4 is 11.1 Å². The molecule has 4 rings (SSSR count). The summed E-state index contributed by atoms with van der Waals surface area (Å²) in [5, 5.41) is 2.64. The van der Waals surface area contributed by atoms with Gasteiger partial charge in [-0.25, -0.2) is 4.99 Å². The monoisotopic (exact) mass is 328 g/mol. The smallest absolute Gasteiger partial charge is 0.263 e. The first-order valence-electron chi connectivity index (χ1n) is 7.93. The summed E-state index contributed by atoms with van der Waals surface area (Å²) in [4.78, 5) is 21.5. The minimum Gasteiger partial charge on any atom is -0.370 e. The highest BCUT2D eigenvalue weighted by molar-refractivity contribution is 6.09. The zero-order valence-corrected chi connectivity index (χ0v) is 13.4. The SMILES string of the molecule is NC1=NC(c2ccccc2)(c2cccc(-c3cccnc3)c2)C(=O)N1. The van der Waals surface area contributed by atoms with Gasteiger partial charge in [-0.2, -0.15) is 0 Å². The van der Waals surface area contributed by atoms with Gasteiger partial charge in [0.25, 0.3) is 5.91 Å². The maximum Gasteiger partial charge on any atom is 0.263 e. The van der Waals surface area contributed by atoms with E-state index in [1.807, 2.05) is 66.7 Å². The Bertz CT molecular complexity index is 954. The summed E-state index contributed by atoms with van der Waals surface area (Å²) < 4.78 is 0. The average molecular weight is 328 g/mol. The van der Waals surface area contributed by atoms with E-state index in [0.29, 0.717) is 0 Å². The number of amides is 1. The Labute approximate surface area is 145 Å². The van der Waals surface area contributed by atoms with E-state index in [2.05, 4.69) is 15.3 Å². The van der Waals surface area contributed by atoms with E-state index < -0.39 is 5.54 Å². The fourth-order valence-corrected chi connectivity index (χ4v) is 3.16. The van der Waals surface area contributed by atoms with Crippen LogP contribution in [0, 0.1) is 0 Å². The van der Waals surface area contributed by atoms with Crippen molar-refractivity contribution in [1.29, 1.82) is 0 Å². The van der Waals surface area contributed by atoms with Gasteiger partial charge in [0, 0.05) is 12.4 Å². The van der Waals surface area contributed by atoms with Crippen LogP contribution in [0.15, 0.2) is 84.1 Å². The van der Waals surface area contributed by atoms with E-state index in [1.165, 1.54) is 0 Å². The second-order valence-electron chi connectivity index (χ2n) is 5.85. The molecule has 3 aromatic rings. The second kappa shape index (κ2) is 5.87. The Morgan fingerprint density at radius 1 is 0.880 bits per heavy atom. The largest absolute Gasteiger partial charge is 0.370 e. The molecule has 0 saturated carbocycles. The van der Waals surface area contributed by atoms with Gasteiger partial charge in [0.15, 0.2) is 11.5 Å². The molecule has 0 spiro atoms. The summed E-state index contributed by atoms with van der Waals surface area (Å²) in [5.74, 6) is -0.125. The number of guanidine groups is 1. The maximum absolute atomic E-state index is 12.8. The molecule has 1 atom stereocenters. The normalized spacial score (nSPS) is 19.4. The molecule has 0 fully saturated rings. The molecule has 1 amide bonds. The topological polar surface area (TPSA) is 80.4 Å². The molecule has 2 aromatic carbocycles. The molecule has 122 valence electrons. The molecule has 25 heavy (non-hydrogen) atoms. The van der Waals surface area contributed by atoms with Gasteiger partial charge in [0.05, 0.1) is 0 Å². The number of hydrogen-bond donors (Lipinski definition) is 2. The van der Waals surface area contributed by atoms with E-state index >= 15 is 0 Å². The van der Waals surface area contributed by atoms with Crippen LogP contribution in [0.25, 0.3) is 11.1 Å². The van der Waals surface area contributed by atoms with E-state index in [-0.39, 0.29) is 11.9 Å². The number of nitrogens with one attached hydrogen (secondary N) is 1. The predicted molar refractivity (Wildman–Crippen MR) is 96.7 cm³/mol. The van der Waals surface area contributed by atoms with Crippen molar-refractivity contribution in [2.45, 2.75) is 5.54 Å². The fourth-order valence-electron chi connectivity index (χ4n) is 3.16. The van der Waals surface area contributed by atoms with Crippen molar-refractivity contribution in [1.82, 2.24) is 10.3 Å². The number of rotatable bonds is 3. The first-order valence-corrected chi connectivity index (χ1v) is 7.93. The van der Waals surface area contributed by atoms with Gasteiger partial charge >= 0.3 is 0 Å². The average Bonchev–Trinajstić information content (AvgIpc) is 2.98. The predicted octanol–water partition coefficient (Wildman–Crippen LogP) is 2.44. The van der Waals surface area contributed by atoms with E-state index in [1.54, 1.807) is 12.4 Å². The van der Waals surface area contributed by atoms with Gasteiger partial charge in [-0.3, -0.25) is 15.1 Å². The minimum absolute atomic E-state index is 0.126. The molecule has 2 heterocycles. The first kappa shape index (κ1) is 15.1. The van der Waals surface area contributed by atoms with Gasteiger partial charge in [0.2, 0.25) is 0 Å². The fraction of sp³-hybridized carbons (Fsp3) is 0.0500. The molecule has 0 radical (unpaired) electrons. The van der Waals surface area contributed by atoms with Crippen molar-refractivity contribution >= 4 is 11.9 Å². The number of carbonyl (C=O) groups is 1. The quantitative estimate of drug-likeness (QED) is 0.775. The molecule has 5 nitrogen and oxygen atoms in total. The number of aliphatic imine (C=N–C) groups is 1. The first-order chi connectivity index (χ1) is 12.2. The molecule has 1 unspecified atom stereocenters. The van der Waals surface area contributed by atoms with Crippen LogP contribution in [0.2, 0.25) is 0 Å². The number of carbonyl (C=O) groups excluding carboxylic acids is 1. The van der Waals surface area contributed by atoms with Crippen molar-refractivity contribution in [2.75, 3.05) is 0 Å². The van der Waals surface area contributed by atoms with Gasteiger partial charge in [-0.1, -0.05) is 54.6 Å². The molecule has 1 aliphatic heterocycles. The molecule has 0 saturated heterocycles. The highest BCUT2D eigenvalue weighted by atomic mass is 16.2. The van der Waals surface area contributed by atoms with Crippen LogP contribution in [0.3, 0.4) is 0 Å². The van der Waals surface area contributed by atoms with E-state index in [9.17, 15) is 4.79 Å². The molecular weight excluding hydrogens is 312 g/mol. The highest BCUT2D eigenvalue weighted by Crippen LogP contribution is 2.38. The lowest BCUT2D eigenvalue weighted by Crippen LogP contribution is -2.39. The zero-order valence-electron chi connectivity index (χ0n) is 13.4. The third kappa shape index (κ3) is 2.46. The van der Waals surface area contributed by atoms with Crippen LogP contribution in [0.4, 0.5) is 0 Å². The summed E-state index contributed by atoms with van der Waals surface area (Å²) in [6.07, 6.45) is 3.52. The van der Waals surface area contributed by atoms with Crippen LogP contribution in [-0.4, -0.2) is 16.9 Å². The van der Waals surface area contributed by atoms with Gasteiger partial charge in [0.1, 0.15) is 0 Å². The molecule has 0 bridgehead atoms. The number of nitrogens with zero attached hydrogens (tertiary/aromatic N) is 2. The molecule has 3 N–H and O–H groups in total. The Hall–Kier alpha value is -3.47. The maximum atomic E-state index is 12.8. The molecule has 1 aliphatic rings. The third-order valence-corrected chi connectivity index (χ3v) is 4.33. The van der Waals surface area contributed by atoms with Crippen LogP contribution >= 0.6 is 0 Å². The Kier molecular flexibility index (Phi) is 3.54. The summed E-state index contributed by atoms with van der Waals surface area (Å²) in [6, 6.07) is 21.1. The number of benzene rings is 2. The second-order valence-corrected chi connectivity index (χ2v) is 5.85. The van der Waals surface area contributed by atoms with Crippen LogP contribution in [0.5, 0.6) is 0 Å². The number of aromatic nitrogens is 1. The molecule has 5 heteroatoms. The highest BCUT2D eigenvalue weighted by Gasteiger charge is 2.46. The lowest BCUT2D eigenvalue weighted by atomic mass is 9.82. The van der Waals surface area contributed by atoms with Crippen molar-refractivity contribution in [3.63, 3.8) is 0 Å². The number of nitrogens with two attached hydrogens (primary N) is 1. The number of hydrogen-bond acceptors (Lipinski definition) is 4. The Morgan fingerprint density at radius 3 is 2.32 bits per heavy atom. The lowest BCUT2D eigenvalue weighted by Gasteiger charge is -2.25. The van der Waals surface area contributed by atoms with Crippen molar-refractivity contribution in [3.8, 4) is 11.1 Å².